The second kappa shape index (κ2) is 5.48. The molecule has 6 nitrogen and oxygen atoms in total. The van der Waals surface area contributed by atoms with E-state index in [9.17, 15) is 14.4 Å². The quantitative estimate of drug-likeness (QED) is 0.557. The fourth-order valence-corrected chi connectivity index (χ4v) is 1.93. The number of hydrogen-bond donors (Lipinski definition) is 2. The predicted octanol–water partition coefficient (Wildman–Crippen LogP) is 0.837. The molecule has 0 saturated heterocycles. The van der Waals surface area contributed by atoms with Gasteiger partial charge in [-0.1, -0.05) is 24.3 Å². The number of ether oxygens (including phenoxy) is 1. The summed E-state index contributed by atoms with van der Waals surface area (Å²) in [4.78, 5) is 34.2. The van der Waals surface area contributed by atoms with Gasteiger partial charge in [0.2, 0.25) is 0 Å². The van der Waals surface area contributed by atoms with E-state index in [-0.39, 0.29) is 13.0 Å². The van der Waals surface area contributed by atoms with Crippen molar-refractivity contribution in [3.8, 4) is 0 Å². The van der Waals surface area contributed by atoms with Gasteiger partial charge < -0.3 is 14.9 Å². The second-order valence-electron chi connectivity index (χ2n) is 3.86. The average Bonchev–Trinajstić information content (AvgIpc) is 2.29. The van der Waals surface area contributed by atoms with E-state index in [1.165, 1.54) is 12.2 Å². The number of aliphatic carboxylic acids is 2. The Morgan fingerprint density at radius 3 is 2.28 bits per heavy atom. The highest BCUT2D eigenvalue weighted by Gasteiger charge is 2.52. The first-order chi connectivity index (χ1) is 8.45. The summed E-state index contributed by atoms with van der Waals surface area (Å²) in [6, 6.07) is 0. The maximum Gasteiger partial charge on any atom is 0.319 e. The molecule has 0 aromatic carbocycles. The zero-order valence-corrected chi connectivity index (χ0v) is 9.83. The lowest BCUT2D eigenvalue weighted by Gasteiger charge is -2.31. The number of carbonyl (C=O) groups excluding carboxylic acids is 1. The van der Waals surface area contributed by atoms with Gasteiger partial charge in [0, 0.05) is 0 Å². The maximum absolute atomic E-state index is 11.9. The molecule has 0 aromatic heterocycles. The van der Waals surface area contributed by atoms with Gasteiger partial charge in [-0.2, -0.15) is 0 Å². The Labute approximate surface area is 104 Å². The molecule has 0 spiro atoms. The highest BCUT2D eigenvalue weighted by atomic mass is 16.5. The van der Waals surface area contributed by atoms with Crippen LogP contribution in [-0.2, 0) is 19.1 Å². The lowest BCUT2D eigenvalue weighted by molar-refractivity contribution is -0.171. The molecule has 0 heterocycles. The van der Waals surface area contributed by atoms with Gasteiger partial charge in [0.15, 0.2) is 5.92 Å². The second-order valence-corrected chi connectivity index (χ2v) is 3.86. The van der Waals surface area contributed by atoms with Crippen LogP contribution in [0.3, 0.4) is 0 Å². The van der Waals surface area contributed by atoms with Gasteiger partial charge in [0.1, 0.15) is 5.41 Å². The number of hydrogen-bond acceptors (Lipinski definition) is 4. The van der Waals surface area contributed by atoms with Crippen LogP contribution in [0, 0.1) is 11.3 Å². The minimum Gasteiger partial charge on any atom is -0.481 e. The highest BCUT2D eigenvalue weighted by molar-refractivity contribution is 6.00. The molecule has 6 heteroatoms. The van der Waals surface area contributed by atoms with Crippen LogP contribution in [0.5, 0.6) is 0 Å². The van der Waals surface area contributed by atoms with Crippen molar-refractivity contribution in [3.63, 3.8) is 0 Å². The molecule has 1 atom stereocenters. The Bertz CT molecular complexity index is 408. The molecular weight excluding hydrogens is 240 g/mol. The van der Waals surface area contributed by atoms with Gasteiger partial charge >= 0.3 is 17.9 Å². The van der Waals surface area contributed by atoms with Gasteiger partial charge in [0.05, 0.1) is 6.61 Å². The molecule has 0 saturated carbocycles. The van der Waals surface area contributed by atoms with E-state index in [4.69, 9.17) is 14.9 Å². The molecule has 0 amide bonds. The standard InChI is InChI=1S/C12H14O6/c1-2-18-11(17)12(6-4-3-5-7-12)8(9(13)14)10(15)16/h3-6,8H,2,7H2,1H3,(H,13,14)(H,15,16). The summed E-state index contributed by atoms with van der Waals surface area (Å²) in [6.45, 7) is 1.63. The number of allylic oxidation sites excluding steroid dienone is 3. The molecule has 0 bridgehead atoms. The molecule has 1 aliphatic rings. The smallest absolute Gasteiger partial charge is 0.319 e. The Morgan fingerprint density at radius 1 is 1.28 bits per heavy atom. The Kier molecular flexibility index (Phi) is 4.25. The molecule has 98 valence electrons. The van der Waals surface area contributed by atoms with Gasteiger partial charge in [-0.15, -0.1) is 0 Å². The van der Waals surface area contributed by atoms with E-state index < -0.39 is 29.2 Å². The van der Waals surface area contributed by atoms with Crippen LogP contribution < -0.4 is 0 Å². The van der Waals surface area contributed by atoms with Crippen molar-refractivity contribution in [3.05, 3.63) is 24.3 Å². The van der Waals surface area contributed by atoms with Gasteiger partial charge in [0.25, 0.3) is 0 Å². The third-order valence-corrected chi connectivity index (χ3v) is 2.76. The van der Waals surface area contributed by atoms with Crippen LogP contribution in [0.2, 0.25) is 0 Å². The van der Waals surface area contributed by atoms with E-state index in [2.05, 4.69) is 0 Å². The fraction of sp³-hybridized carbons (Fsp3) is 0.417. The molecular formula is C12H14O6. The molecule has 18 heavy (non-hydrogen) atoms. The van der Waals surface area contributed by atoms with Crippen molar-refractivity contribution >= 4 is 17.9 Å². The molecule has 0 aromatic rings. The molecule has 1 aliphatic carbocycles. The van der Waals surface area contributed by atoms with Crippen LogP contribution in [0.4, 0.5) is 0 Å². The van der Waals surface area contributed by atoms with Crippen LogP contribution >= 0.6 is 0 Å². The Balaban J connectivity index is 3.23. The lowest BCUT2D eigenvalue weighted by Crippen LogP contribution is -2.46. The molecule has 1 rings (SSSR count). The molecule has 0 fully saturated rings. The minimum atomic E-state index is -1.86. The summed E-state index contributed by atoms with van der Waals surface area (Å²) in [5.41, 5.74) is -1.68. The number of carboxylic acids is 2. The maximum atomic E-state index is 11.9. The monoisotopic (exact) mass is 254 g/mol. The summed E-state index contributed by atoms with van der Waals surface area (Å²) >= 11 is 0. The number of carbonyl (C=O) groups is 3. The van der Waals surface area contributed by atoms with Crippen LogP contribution in [0.1, 0.15) is 13.3 Å². The summed E-state index contributed by atoms with van der Waals surface area (Å²) < 4.78 is 4.82. The third kappa shape index (κ3) is 2.42. The van der Waals surface area contributed by atoms with Gasteiger partial charge in [-0.05, 0) is 13.3 Å². The van der Waals surface area contributed by atoms with E-state index in [0.29, 0.717) is 0 Å². The molecule has 0 radical (unpaired) electrons. The van der Waals surface area contributed by atoms with Crippen molar-refractivity contribution in [1.29, 1.82) is 0 Å². The summed E-state index contributed by atoms with van der Waals surface area (Å²) in [5.74, 6) is -5.82. The zero-order chi connectivity index (χ0) is 13.8. The lowest BCUT2D eigenvalue weighted by atomic mass is 9.71. The van der Waals surface area contributed by atoms with Crippen molar-refractivity contribution in [2.45, 2.75) is 13.3 Å². The Hall–Kier alpha value is -2.11. The highest BCUT2D eigenvalue weighted by Crippen LogP contribution is 2.38. The summed E-state index contributed by atoms with van der Waals surface area (Å²) in [7, 11) is 0. The van der Waals surface area contributed by atoms with Crippen molar-refractivity contribution in [2.24, 2.45) is 11.3 Å². The first-order valence-electron chi connectivity index (χ1n) is 5.43. The van der Waals surface area contributed by atoms with Crippen molar-refractivity contribution in [2.75, 3.05) is 6.61 Å². The van der Waals surface area contributed by atoms with Crippen LogP contribution in [0.25, 0.3) is 0 Å². The van der Waals surface area contributed by atoms with Crippen molar-refractivity contribution in [1.82, 2.24) is 0 Å². The summed E-state index contributed by atoms with van der Waals surface area (Å²) in [5, 5.41) is 18.1. The van der Waals surface area contributed by atoms with E-state index in [0.717, 1.165) is 0 Å². The topological polar surface area (TPSA) is 101 Å². The largest absolute Gasteiger partial charge is 0.481 e. The van der Waals surface area contributed by atoms with Crippen LogP contribution in [-0.4, -0.2) is 34.7 Å². The van der Waals surface area contributed by atoms with E-state index in [1.807, 2.05) is 0 Å². The van der Waals surface area contributed by atoms with Crippen LogP contribution in [0.15, 0.2) is 24.3 Å². The minimum absolute atomic E-state index is 0.00833. The fourth-order valence-electron chi connectivity index (χ4n) is 1.93. The van der Waals surface area contributed by atoms with Crippen molar-refractivity contribution < 1.29 is 29.3 Å². The number of esters is 1. The SMILES string of the molecule is CCOC(=O)C1(C(C(=O)O)C(=O)O)C=CC=CC1. The molecule has 1 unspecified atom stereocenters. The number of carboxylic acid groups (broad SMARTS) is 2. The van der Waals surface area contributed by atoms with Gasteiger partial charge in [-0.25, -0.2) is 0 Å². The average molecular weight is 254 g/mol. The zero-order valence-electron chi connectivity index (χ0n) is 9.83. The summed E-state index contributed by atoms with van der Waals surface area (Å²) in [6.07, 6.45) is 5.91. The van der Waals surface area contributed by atoms with E-state index in [1.54, 1.807) is 19.1 Å². The third-order valence-electron chi connectivity index (χ3n) is 2.76. The Morgan fingerprint density at radius 2 is 1.89 bits per heavy atom. The number of rotatable bonds is 5. The van der Waals surface area contributed by atoms with Gasteiger partial charge in [-0.3, -0.25) is 14.4 Å². The first-order valence-corrected chi connectivity index (χ1v) is 5.43. The molecule has 2 N–H and O–H groups in total. The predicted molar refractivity (Wildman–Crippen MR) is 60.7 cm³/mol. The first kappa shape index (κ1) is 14.0. The normalized spacial score (nSPS) is 21.9. The molecule has 0 aliphatic heterocycles. The van der Waals surface area contributed by atoms with E-state index >= 15 is 0 Å².